The first kappa shape index (κ1) is 27.6. The summed E-state index contributed by atoms with van der Waals surface area (Å²) in [4.78, 5) is 25.9. The Bertz CT molecular complexity index is 1660. The van der Waals surface area contributed by atoms with Crippen LogP contribution in [0.1, 0.15) is 39.5 Å². The van der Waals surface area contributed by atoms with Crippen LogP contribution in [-0.4, -0.2) is 18.0 Å². The highest BCUT2D eigenvalue weighted by Gasteiger charge is 2.19. The van der Waals surface area contributed by atoms with E-state index in [9.17, 15) is 9.59 Å². The summed E-state index contributed by atoms with van der Waals surface area (Å²) in [6, 6.07) is 37.0. The van der Waals surface area contributed by atoms with Gasteiger partial charge in [-0.2, -0.15) is 5.10 Å². The Labute approximate surface area is 243 Å². The molecule has 0 radical (unpaired) electrons. The first-order valence-electron chi connectivity index (χ1n) is 13.2. The van der Waals surface area contributed by atoms with E-state index in [1.54, 1.807) is 30.5 Å². The van der Waals surface area contributed by atoms with Crippen LogP contribution in [0.25, 0.3) is 10.8 Å². The van der Waals surface area contributed by atoms with Crippen LogP contribution in [0.5, 0.6) is 5.75 Å². The largest absolute Gasteiger partial charge is 0.488 e. The van der Waals surface area contributed by atoms with Crippen LogP contribution in [0, 0.1) is 0 Å². The molecule has 41 heavy (non-hydrogen) atoms. The molecule has 2 amide bonds. The summed E-state index contributed by atoms with van der Waals surface area (Å²) in [5.74, 6) is 0.0373. The standard InChI is InChI=1S/C34H28ClN3O3/c35-28-18-15-24(16-19-28)23-41-32-20-17-25-9-7-8-14-29(25)30(32)22-36-38-33(39)21-31(26-10-3-1-4-11-26)37-34(40)27-12-5-2-6-13-27/h1-20,22,31H,21,23H2,(H,37,40)(H,38,39)/b36-22-/t31-/m0/s1. The molecule has 1 atom stereocenters. The zero-order chi connectivity index (χ0) is 28.4. The predicted molar refractivity (Wildman–Crippen MR) is 163 cm³/mol. The number of hydrogen-bond acceptors (Lipinski definition) is 4. The zero-order valence-corrected chi connectivity index (χ0v) is 22.9. The van der Waals surface area contributed by atoms with Gasteiger partial charge in [-0.3, -0.25) is 9.59 Å². The highest BCUT2D eigenvalue weighted by atomic mass is 35.5. The van der Waals surface area contributed by atoms with Gasteiger partial charge in [0.1, 0.15) is 12.4 Å². The highest BCUT2D eigenvalue weighted by Crippen LogP contribution is 2.27. The van der Waals surface area contributed by atoms with Gasteiger partial charge in [0, 0.05) is 16.1 Å². The van der Waals surface area contributed by atoms with E-state index >= 15 is 0 Å². The molecule has 2 N–H and O–H groups in total. The summed E-state index contributed by atoms with van der Waals surface area (Å²) >= 11 is 6.01. The maximum absolute atomic E-state index is 13.0. The van der Waals surface area contributed by atoms with E-state index in [0.717, 1.165) is 27.5 Å². The van der Waals surface area contributed by atoms with Crippen molar-refractivity contribution in [2.24, 2.45) is 5.10 Å². The third kappa shape index (κ3) is 7.38. The Balaban J connectivity index is 1.31. The second-order valence-corrected chi connectivity index (χ2v) is 9.85. The van der Waals surface area contributed by atoms with Crippen molar-refractivity contribution in [3.63, 3.8) is 0 Å². The van der Waals surface area contributed by atoms with Crippen LogP contribution < -0.4 is 15.5 Å². The molecule has 204 valence electrons. The summed E-state index contributed by atoms with van der Waals surface area (Å²) in [5.41, 5.74) is 5.69. The average molecular weight is 562 g/mol. The molecule has 6 nitrogen and oxygen atoms in total. The highest BCUT2D eigenvalue weighted by molar-refractivity contribution is 6.30. The molecular formula is C34H28ClN3O3. The number of hydrogen-bond donors (Lipinski definition) is 2. The zero-order valence-electron chi connectivity index (χ0n) is 22.2. The molecule has 5 aromatic carbocycles. The lowest BCUT2D eigenvalue weighted by Crippen LogP contribution is -2.32. The molecule has 0 bridgehead atoms. The van der Waals surface area contributed by atoms with Crippen LogP contribution in [0.15, 0.2) is 126 Å². The van der Waals surface area contributed by atoms with Crippen molar-refractivity contribution < 1.29 is 14.3 Å². The molecule has 0 heterocycles. The molecule has 5 rings (SSSR count). The van der Waals surface area contributed by atoms with Gasteiger partial charge in [-0.05, 0) is 52.2 Å². The minimum atomic E-state index is -0.532. The maximum Gasteiger partial charge on any atom is 0.251 e. The van der Waals surface area contributed by atoms with E-state index in [1.165, 1.54) is 0 Å². The monoisotopic (exact) mass is 561 g/mol. The lowest BCUT2D eigenvalue weighted by atomic mass is 10.0. The van der Waals surface area contributed by atoms with Crippen LogP contribution in [0.3, 0.4) is 0 Å². The van der Waals surface area contributed by atoms with Crippen molar-refractivity contribution in [3.05, 3.63) is 149 Å². The minimum absolute atomic E-state index is 0.00931. The number of hydrazone groups is 1. The summed E-state index contributed by atoms with van der Waals surface area (Å²) < 4.78 is 6.14. The quantitative estimate of drug-likeness (QED) is 0.141. The molecule has 0 aromatic heterocycles. The maximum atomic E-state index is 13.0. The molecule has 0 saturated carbocycles. The van der Waals surface area contributed by atoms with Crippen LogP contribution >= 0.6 is 11.6 Å². The summed E-state index contributed by atoms with van der Waals surface area (Å²) in [6.07, 6.45) is 1.60. The number of rotatable bonds is 10. The van der Waals surface area contributed by atoms with Gasteiger partial charge in [0.05, 0.1) is 18.7 Å². The molecule has 7 heteroatoms. The Morgan fingerprint density at radius 1 is 0.805 bits per heavy atom. The van der Waals surface area contributed by atoms with E-state index in [0.29, 0.717) is 22.9 Å². The fourth-order valence-corrected chi connectivity index (χ4v) is 4.57. The van der Waals surface area contributed by atoms with Crippen molar-refractivity contribution in [1.82, 2.24) is 10.7 Å². The number of ether oxygens (including phenoxy) is 1. The van der Waals surface area contributed by atoms with Gasteiger partial charge < -0.3 is 10.1 Å². The van der Waals surface area contributed by atoms with Gasteiger partial charge in [0.25, 0.3) is 5.91 Å². The van der Waals surface area contributed by atoms with Crippen LogP contribution in [-0.2, 0) is 11.4 Å². The van der Waals surface area contributed by atoms with E-state index < -0.39 is 6.04 Å². The fourth-order valence-electron chi connectivity index (χ4n) is 4.44. The van der Waals surface area contributed by atoms with Crippen LogP contribution in [0.2, 0.25) is 5.02 Å². The second kappa shape index (κ2) is 13.4. The van der Waals surface area contributed by atoms with Gasteiger partial charge in [-0.1, -0.05) is 103 Å². The Hall–Kier alpha value is -4.94. The number of amides is 2. The van der Waals surface area contributed by atoms with E-state index in [1.807, 2.05) is 97.1 Å². The van der Waals surface area contributed by atoms with Gasteiger partial charge in [0.2, 0.25) is 5.91 Å². The Morgan fingerprint density at radius 2 is 1.49 bits per heavy atom. The molecule has 0 fully saturated rings. The van der Waals surface area contributed by atoms with E-state index in [-0.39, 0.29) is 18.2 Å². The first-order valence-corrected chi connectivity index (χ1v) is 13.6. The molecule has 0 unspecified atom stereocenters. The SMILES string of the molecule is O=C(C[C@H](NC(=O)c1ccccc1)c1ccccc1)N/N=C\c1c(OCc2ccc(Cl)cc2)ccc2ccccc12. The molecule has 5 aromatic rings. The number of halogens is 1. The number of nitrogens with zero attached hydrogens (tertiary/aromatic N) is 1. The number of fused-ring (bicyclic) bond motifs is 1. The minimum Gasteiger partial charge on any atom is -0.488 e. The first-order chi connectivity index (χ1) is 20.1. The van der Waals surface area contributed by atoms with E-state index in [2.05, 4.69) is 15.8 Å². The van der Waals surface area contributed by atoms with Gasteiger partial charge in [0.15, 0.2) is 0 Å². The van der Waals surface area contributed by atoms with Crippen LogP contribution in [0.4, 0.5) is 0 Å². The number of benzene rings is 5. The van der Waals surface area contributed by atoms with Crippen molar-refractivity contribution >= 4 is 40.4 Å². The molecule has 0 aliphatic carbocycles. The second-order valence-electron chi connectivity index (χ2n) is 9.41. The molecular weight excluding hydrogens is 534 g/mol. The smallest absolute Gasteiger partial charge is 0.251 e. The summed E-state index contributed by atoms with van der Waals surface area (Å²) in [7, 11) is 0. The normalized spacial score (nSPS) is 11.7. The molecule has 0 saturated heterocycles. The number of carbonyl (C=O) groups is 2. The Morgan fingerprint density at radius 3 is 2.24 bits per heavy atom. The van der Waals surface area contributed by atoms with Crippen molar-refractivity contribution in [1.29, 1.82) is 0 Å². The lowest BCUT2D eigenvalue weighted by molar-refractivity contribution is -0.121. The average Bonchev–Trinajstić information content (AvgIpc) is 3.01. The fraction of sp³-hybridized carbons (Fsp3) is 0.0882. The topological polar surface area (TPSA) is 79.8 Å². The Kier molecular flexibility index (Phi) is 9.04. The van der Waals surface area contributed by atoms with Gasteiger partial charge >= 0.3 is 0 Å². The van der Waals surface area contributed by atoms with Crippen molar-refractivity contribution in [3.8, 4) is 5.75 Å². The molecule has 0 aliphatic heterocycles. The van der Waals surface area contributed by atoms with Crippen molar-refractivity contribution in [2.75, 3.05) is 0 Å². The summed E-state index contributed by atoms with van der Waals surface area (Å²) in [6.45, 7) is 0.350. The van der Waals surface area contributed by atoms with Crippen molar-refractivity contribution in [2.45, 2.75) is 19.1 Å². The van der Waals surface area contributed by atoms with Gasteiger partial charge in [-0.15, -0.1) is 0 Å². The van der Waals surface area contributed by atoms with E-state index in [4.69, 9.17) is 16.3 Å². The number of nitrogens with one attached hydrogen (secondary N) is 2. The van der Waals surface area contributed by atoms with Gasteiger partial charge in [-0.25, -0.2) is 5.43 Å². The summed E-state index contributed by atoms with van der Waals surface area (Å²) in [5, 5.41) is 9.87. The molecule has 0 spiro atoms. The number of carbonyl (C=O) groups excluding carboxylic acids is 2. The predicted octanol–water partition coefficient (Wildman–Crippen LogP) is 7.08. The third-order valence-electron chi connectivity index (χ3n) is 6.55. The molecule has 0 aliphatic rings. The lowest BCUT2D eigenvalue weighted by Gasteiger charge is -2.18. The third-order valence-corrected chi connectivity index (χ3v) is 6.81.